The summed E-state index contributed by atoms with van der Waals surface area (Å²) in [6.07, 6.45) is 0. The third-order valence-electron chi connectivity index (χ3n) is 4.93. The van der Waals surface area contributed by atoms with Gasteiger partial charge < -0.3 is 10.1 Å². The van der Waals surface area contributed by atoms with Crippen LogP contribution in [0, 0.1) is 20.8 Å². The predicted octanol–water partition coefficient (Wildman–Crippen LogP) is 4.18. The lowest BCUT2D eigenvalue weighted by molar-refractivity contribution is -0.118. The number of hydrogen-bond donors (Lipinski definition) is 1. The highest BCUT2D eigenvalue weighted by molar-refractivity contribution is 7.99. The molecule has 4 nitrogen and oxygen atoms in total. The van der Waals surface area contributed by atoms with Crippen molar-refractivity contribution in [2.24, 2.45) is 0 Å². The lowest BCUT2D eigenvalue weighted by atomic mass is 10.1. The van der Waals surface area contributed by atoms with Gasteiger partial charge in [0, 0.05) is 36.8 Å². The van der Waals surface area contributed by atoms with Crippen molar-refractivity contribution >= 4 is 23.4 Å². The van der Waals surface area contributed by atoms with Gasteiger partial charge in [-0.3, -0.25) is 9.69 Å². The number of thioether (sulfide) groups is 1. The van der Waals surface area contributed by atoms with Crippen LogP contribution in [0.25, 0.3) is 0 Å². The number of aryl methyl sites for hydroxylation is 3. The maximum Gasteiger partial charge on any atom is 0.262 e. The van der Waals surface area contributed by atoms with Crippen LogP contribution in [0.2, 0.25) is 0 Å². The van der Waals surface area contributed by atoms with E-state index < -0.39 is 0 Å². The molecule has 0 aliphatic carbocycles. The van der Waals surface area contributed by atoms with Crippen LogP contribution in [0.3, 0.4) is 0 Å². The van der Waals surface area contributed by atoms with Gasteiger partial charge in [0.1, 0.15) is 5.75 Å². The third kappa shape index (κ3) is 5.75. The Morgan fingerprint density at radius 2 is 1.78 bits per heavy atom. The molecule has 0 bridgehead atoms. The summed E-state index contributed by atoms with van der Waals surface area (Å²) in [5.41, 5.74) is 5.54. The number of nitrogens with zero attached hydrogens (tertiary/aromatic N) is 1. The second-order valence-corrected chi connectivity index (χ2v) is 8.35. The zero-order valence-electron chi connectivity index (χ0n) is 16.4. The molecular weight excluding hydrogens is 356 g/mol. The van der Waals surface area contributed by atoms with Crippen molar-refractivity contribution in [2.75, 3.05) is 36.5 Å². The average Bonchev–Trinajstić information content (AvgIpc) is 2.66. The van der Waals surface area contributed by atoms with Crippen LogP contribution in [0.15, 0.2) is 36.4 Å². The highest BCUT2D eigenvalue weighted by Crippen LogP contribution is 2.20. The minimum atomic E-state index is -0.136. The molecule has 144 valence electrons. The number of amides is 1. The van der Waals surface area contributed by atoms with Gasteiger partial charge in [-0.25, -0.2) is 0 Å². The topological polar surface area (TPSA) is 41.6 Å². The van der Waals surface area contributed by atoms with Crippen molar-refractivity contribution in [3.8, 4) is 5.75 Å². The van der Waals surface area contributed by atoms with Gasteiger partial charge >= 0.3 is 0 Å². The number of ether oxygens (including phenoxy) is 1. The van der Waals surface area contributed by atoms with Crippen molar-refractivity contribution in [2.45, 2.75) is 27.3 Å². The van der Waals surface area contributed by atoms with Gasteiger partial charge in [-0.05, 0) is 61.2 Å². The summed E-state index contributed by atoms with van der Waals surface area (Å²) >= 11 is 2.02. The van der Waals surface area contributed by atoms with E-state index in [1.165, 1.54) is 22.6 Å². The van der Waals surface area contributed by atoms with Crippen molar-refractivity contribution in [3.63, 3.8) is 0 Å². The number of carbonyl (C=O) groups is 1. The minimum absolute atomic E-state index is 0.00944. The first-order chi connectivity index (χ1) is 13.0. The second kappa shape index (κ2) is 9.29. The van der Waals surface area contributed by atoms with Crippen LogP contribution in [-0.2, 0) is 11.3 Å². The van der Waals surface area contributed by atoms with E-state index in [0.717, 1.165) is 42.2 Å². The van der Waals surface area contributed by atoms with Gasteiger partial charge in [0.05, 0.1) is 0 Å². The Labute approximate surface area is 166 Å². The van der Waals surface area contributed by atoms with Crippen molar-refractivity contribution in [1.29, 1.82) is 0 Å². The van der Waals surface area contributed by atoms with E-state index in [0.29, 0.717) is 0 Å². The van der Waals surface area contributed by atoms with E-state index in [1.807, 2.05) is 43.8 Å². The molecule has 5 heteroatoms. The zero-order chi connectivity index (χ0) is 19.2. The van der Waals surface area contributed by atoms with Crippen LogP contribution in [0.1, 0.15) is 22.3 Å². The van der Waals surface area contributed by atoms with Gasteiger partial charge in [-0.15, -0.1) is 0 Å². The summed E-state index contributed by atoms with van der Waals surface area (Å²) in [4.78, 5) is 14.8. The number of carbonyl (C=O) groups excluding carboxylic acids is 1. The molecule has 3 rings (SSSR count). The monoisotopic (exact) mass is 384 g/mol. The fourth-order valence-corrected chi connectivity index (χ4v) is 4.04. The number of hydrogen-bond acceptors (Lipinski definition) is 4. The second-order valence-electron chi connectivity index (χ2n) is 7.12. The Kier molecular flexibility index (Phi) is 6.80. The summed E-state index contributed by atoms with van der Waals surface area (Å²) < 4.78 is 5.64. The highest BCUT2D eigenvalue weighted by atomic mass is 32.2. The minimum Gasteiger partial charge on any atom is -0.484 e. The number of nitrogens with one attached hydrogen (secondary N) is 1. The van der Waals surface area contributed by atoms with E-state index in [1.54, 1.807) is 0 Å². The number of rotatable bonds is 6. The predicted molar refractivity (Wildman–Crippen MR) is 114 cm³/mol. The van der Waals surface area contributed by atoms with Gasteiger partial charge in [-0.1, -0.05) is 18.2 Å². The number of anilines is 1. The van der Waals surface area contributed by atoms with Crippen molar-refractivity contribution in [3.05, 3.63) is 58.7 Å². The molecule has 1 aliphatic heterocycles. The third-order valence-corrected chi connectivity index (χ3v) is 5.88. The van der Waals surface area contributed by atoms with Gasteiger partial charge in [0.25, 0.3) is 5.91 Å². The molecule has 1 amide bonds. The molecule has 0 radical (unpaired) electrons. The zero-order valence-corrected chi connectivity index (χ0v) is 17.2. The fourth-order valence-electron chi connectivity index (χ4n) is 3.06. The Hall–Kier alpha value is -1.98. The largest absolute Gasteiger partial charge is 0.484 e. The Balaban J connectivity index is 1.57. The van der Waals surface area contributed by atoms with E-state index in [9.17, 15) is 4.79 Å². The van der Waals surface area contributed by atoms with Crippen LogP contribution in [0.4, 0.5) is 5.69 Å². The van der Waals surface area contributed by atoms with Gasteiger partial charge in [-0.2, -0.15) is 11.8 Å². The van der Waals surface area contributed by atoms with Crippen molar-refractivity contribution < 1.29 is 9.53 Å². The molecule has 1 fully saturated rings. The van der Waals surface area contributed by atoms with Crippen LogP contribution < -0.4 is 10.1 Å². The quantitative estimate of drug-likeness (QED) is 0.811. The lowest BCUT2D eigenvalue weighted by Gasteiger charge is -2.26. The maximum atomic E-state index is 12.3. The molecule has 27 heavy (non-hydrogen) atoms. The standard InChI is InChI=1S/C22H28N2O2S/c1-16-5-7-20(12-18(16)3)26-15-22(25)23-21-13-19(6-4-17(21)2)14-24-8-10-27-11-9-24/h4-7,12-13H,8-11,14-15H2,1-3H3,(H,23,25). The van der Waals surface area contributed by atoms with Crippen LogP contribution in [-0.4, -0.2) is 42.0 Å². The molecule has 2 aromatic carbocycles. The maximum absolute atomic E-state index is 12.3. The molecular formula is C22H28N2O2S. The summed E-state index contributed by atoms with van der Waals surface area (Å²) in [6.45, 7) is 9.32. The summed E-state index contributed by atoms with van der Waals surface area (Å²) in [5.74, 6) is 2.99. The Bertz CT molecular complexity index is 801. The smallest absolute Gasteiger partial charge is 0.262 e. The Morgan fingerprint density at radius 3 is 2.52 bits per heavy atom. The lowest BCUT2D eigenvalue weighted by Crippen LogP contribution is -2.32. The van der Waals surface area contributed by atoms with E-state index in [4.69, 9.17) is 4.74 Å². The first-order valence-corrected chi connectivity index (χ1v) is 10.6. The van der Waals surface area contributed by atoms with E-state index >= 15 is 0 Å². The molecule has 1 heterocycles. The molecule has 0 spiro atoms. The normalized spacial score (nSPS) is 14.8. The molecule has 1 N–H and O–H groups in total. The molecule has 1 aliphatic rings. The average molecular weight is 385 g/mol. The highest BCUT2D eigenvalue weighted by Gasteiger charge is 2.12. The molecule has 2 aromatic rings. The first kappa shape index (κ1) is 19.8. The van der Waals surface area contributed by atoms with E-state index in [2.05, 4.69) is 35.3 Å². The molecule has 0 atom stereocenters. The van der Waals surface area contributed by atoms with Gasteiger partial charge in [0.15, 0.2) is 6.61 Å². The summed E-state index contributed by atoms with van der Waals surface area (Å²) in [7, 11) is 0. The molecule has 0 unspecified atom stereocenters. The van der Waals surface area contributed by atoms with Crippen molar-refractivity contribution in [1.82, 2.24) is 4.90 Å². The van der Waals surface area contributed by atoms with Crippen LogP contribution >= 0.6 is 11.8 Å². The van der Waals surface area contributed by atoms with E-state index in [-0.39, 0.29) is 12.5 Å². The SMILES string of the molecule is Cc1ccc(OCC(=O)Nc2cc(CN3CCSCC3)ccc2C)cc1C. The van der Waals surface area contributed by atoms with Crippen LogP contribution in [0.5, 0.6) is 5.75 Å². The first-order valence-electron chi connectivity index (χ1n) is 9.41. The summed E-state index contributed by atoms with van der Waals surface area (Å²) in [5, 5.41) is 3.00. The molecule has 1 saturated heterocycles. The molecule has 0 aromatic heterocycles. The Morgan fingerprint density at radius 1 is 1.04 bits per heavy atom. The fraction of sp³-hybridized carbons (Fsp3) is 0.409. The van der Waals surface area contributed by atoms with Gasteiger partial charge in [0.2, 0.25) is 0 Å². The molecule has 0 saturated carbocycles. The summed E-state index contributed by atoms with van der Waals surface area (Å²) in [6, 6.07) is 12.2. The number of benzene rings is 2.